The Morgan fingerprint density at radius 1 is 0.558 bits per heavy atom. The Morgan fingerprint density at radius 3 is 1.46 bits per heavy atom. The van der Waals surface area contributed by atoms with Crippen LogP contribution < -0.4 is 21.3 Å². The minimum Gasteiger partial charge on any atom is -0.365 e. The number of hydrogen-bond acceptors (Lipinski definition) is 11. The van der Waals surface area contributed by atoms with Crippen molar-refractivity contribution in [1.82, 2.24) is 34.9 Å². The molecule has 1 aromatic carbocycles. The highest BCUT2D eigenvalue weighted by atomic mass is 19.4. The number of aromatic nitrogens is 7. The Balaban J connectivity index is 0.000000201. The van der Waals surface area contributed by atoms with Crippen molar-refractivity contribution < 1.29 is 26.3 Å². The van der Waals surface area contributed by atoms with E-state index < -0.39 is 23.6 Å². The fourth-order valence-corrected chi connectivity index (χ4v) is 4.72. The number of pyridine rings is 3. The van der Waals surface area contributed by atoms with E-state index in [0.29, 0.717) is 52.5 Å². The van der Waals surface area contributed by atoms with Crippen LogP contribution in [-0.4, -0.2) is 47.0 Å². The third kappa shape index (κ3) is 10.1. The molecule has 4 N–H and O–H groups in total. The fourth-order valence-electron chi connectivity index (χ4n) is 4.72. The standard InChI is InChI=1S/C18H18F3N5.C17H17F3N6/c1-11(2)24-17-25-15-14(4-3-9-22-15)16(26-17)23-10-12-5-7-13(8-6-12)18(19,20)21;1-10(2)24-16-25-14-12(4-3-7-21-14)15(26-16)23-9-11-5-6-13(22-8-11)17(18,19)20/h3-9,11H,10H2,1-2H3,(H2,22,23,24,25,26);3-8,10H,9H2,1-2H3,(H2,21,23,24,25,26). The van der Waals surface area contributed by atoms with Gasteiger partial charge in [0.2, 0.25) is 11.9 Å². The summed E-state index contributed by atoms with van der Waals surface area (Å²) in [5.41, 5.74) is 0.806. The quantitative estimate of drug-likeness (QED) is 0.102. The van der Waals surface area contributed by atoms with Gasteiger partial charge in [-0.25, -0.2) is 9.97 Å². The van der Waals surface area contributed by atoms with Gasteiger partial charge in [0, 0.05) is 43.8 Å². The molecule has 0 aliphatic rings. The fraction of sp³-hybridized carbons (Fsp3) is 0.286. The van der Waals surface area contributed by atoms with Crippen LogP contribution in [0.1, 0.15) is 50.1 Å². The number of nitrogens with zero attached hydrogens (tertiary/aromatic N) is 7. The maximum absolute atomic E-state index is 12.6. The molecule has 0 saturated carbocycles. The molecule has 0 bridgehead atoms. The van der Waals surface area contributed by atoms with Gasteiger partial charge in [0.15, 0.2) is 11.3 Å². The van der Waals surface area contributed by atoms with Crippen LogP contribution in [0.4, 0.5) is 49.9 Å². The smallest absolute Gasteiger partial charge is 0.365 e. The normalized spacial score (nSPS) is 11.8. The molecule has 5 aromatic heterocycles. The summed E-state index contributed by atoms with van der Waals surface area (Å²) in [7, 11) is 0. The molecule has 6 rings (SSSR count). The number of nitrogens with one attached hydrogen (secondary N) is 4. The maximum Gasteiger partial charge on any atom is 0.433 e. The van der Waals surface area contributed by atoms with Crippen molar-refractivity contribution in [1.29, 1.82) is 0 Å². The van der Waals surface area contributed by atoms with Gasteiger partial charge in [-0.05, 0) is 81.3 Å². The lowest BCUT2D eigenvalue weighted by Gasteiger charge is -2.13. The molecule has 272 valence electrons. The molecule has 0 saturated heterocycles. The molecule has 0 unspecified atom stereocenters. The summed E-state index contributed by atoms with van der Waals surface area (Å²) in [4.78, 5) is 29.6. The second kappa shape index (κ2) is 16.0. The van der Waals surface area contributed by atoms with Crippen LogP contribution in [0.2, 0.25) is 0 Å². The second-order valence-electron chi connectivity index (χ2n) is 12.1. The highest BCUT2D eigenvalue weighted by Gasteiger charge is 2.32. The number of hydrogen-bond donors (Lipinski definition) is 4. The Hall–Kier alpha value is -5.87. The van der Waals surface area contributed by atoms with Crippen LogP contribution in [0, 0.1) is 0 Å². The van der Waals surface area contributed by atoms with E-state index >= 15 is 0 Å². The van der Waals surface area contributed by atoms with Crippen LogP contribution in [0.3, 0.4) is 0 Å². The highest BCUT2D eigenvalue weighted by molar-refractivity contribution is 5.88. The van der Waals surface area contributed by atoms with Gasteiger partial charge >= 0.3 is 12.4 Å². The summed E-state index contributed by atoms with van der Waals surface area (Å²) < 4.78 is 75.7. The Labute approximate surface area is 294 Å². The molecule has 0 radical (unpaired) electrons. The zero-order valence-corrected chi connectivity index (χ0v) is 28.5. The number of halogens is 6. The van der Waals surface area contributed by atoms with Crippen molar-refractivity contribution in [3.63, 3.8) is 0 Å². The van der Waals surface area contributed by atoms with Crippen molar-refractivity contribution in [3.05, 3.63) is 102 Å². The van der Waals surface area contributed by atoms with E-state index in [-0.39, 0.29) is 18.6 Å². The zero-order valence-electron chi connectivity index (χ0n) is 28.5. The first-order valence-electron chi connectivity index (χ1n) is 16.1. The van der Waals surface area contributed by atoms with E-state index in [4.69, 9.17) is 0 Å². The van der Waals surface area contributed by atoms with Crippen molar-refractivity contribution in [2.45, 2.75) is 65.2 Å². The monoisotopic (exact) mass is 723 g/mol. The van der Waals surface area contributed by atoms with Gasteiger partial charge in [-0.2, -0.15) is 46.3 Å². The lowest BCUT2D eigenvalue weighted by atomic mass is 10.1. The SMILES string of the molecule is CC(C)Nc1nc(NCc2ccc(C(F)(F)F)cc2)c2cccnc2n1.CC(C)Nc1nc(NCc2ccc(C(F)(F)F)nc2)c2cccnc2n1. The van der Waals surface area contributed by atoms with Crippen molar-refractivity contribution >= 4 is 45.6 Å². The van der Waals surface area contributed by atoms with E-state index in [1.807, 2.05) is 39.8 Å². The average Bonchev–Trinajstić information content (AvgIpc) is 3.09. The Morgan fingerprint density at radius 2 is 1.04 bits per heavy atom. The molecule has 0 spiro atoms. The first-order valence-corrected chi connectivity index (χ1v) is 16.1. The van der Waals surface area contributed by atoms with E-state index in [0.717, 1.165) is 29.0 Å². The molecule has 0 aliphatic heterocycles. The van der Waals surface area contributed by atoms with E-state index in [2.05, 4.69) is 56.2 Å². The number of anilines is 4. The largest absolute Gasteiger partial charge is 0.433 e. The third-order valence-electron chi connectivity index (χ3n) is 7.09. The number of fused-ring (bicyclic) bond motifs is 2. The molecule has 6 aromatic rings. The van der Waals surface area contributed by atoms with Crippen molar-refractivity contribution in [2.75, 3.05) is 21.3 Å². The van der Waals surface area contributed by atoms with E-state index in [1.54, 1.807) is 24.5 Å². The molecule has 0 amide bonds. The first-order chi connectivity index (χ1) is 24.7. The van der Waals surface area contributed by atoms with E-state index in [9.17, 15) is 26.3 Å². The number of alkyl halides is 6. The van der Waals surface area contributed by atoms with Crippen LogP contribution >= 0.6 is 0 Å². The first kappa shape index (κ1) is 37.4. The van der Waals surface area contributed by atoms with Gasteiger partial charge in [0.25, 0.3) is 0 Å². The minimum absolute atomic E-state index is 0.142. The second-order valence-corrected chi connectivity index (χ2v) is 12.1. The van der Waals surface area contributed by atoms with Gasteiger partial charge in [-0.15, -0.1) is 0 Å². The zero-order chi connectivity index (χ0) is 37.5. The maximum atomic E-state index is 12.6. The average molecular weight is 724 g/mol. The molecule has 17 heteroatoms. The van der Waals surface area contributed by atoms with Crippen LogP contribution in [-0.2, 0) is 25.4 Å². The van der Waals surface area contributed by atoms with Gasteiger partial charge in [-0.3, -0.25) is 4.98 Å². The van der Waals surface area contributed by atoms with Gasteiger partial charge in [0.05, 0.1) is 16.3 Å². The van der Waals surface area contributed by atoms with Gasteiger partial charge in [-0.1, -0.05) is 18.2 Å². The van der Waals surface area contributed by atoms with E-state index in [1.165, 1.54) is 24.4 Å². The number of rotatable bonds is 10. The predicted molar refractivity (Wildman–Crippen MR) is 188 cm³/mol. The summed E-state index contributed by atoms with van der Waals surface area (Å²) in [6.07, 6.45) is -4.30. The molecule has 52 heavy (non-hydrogen) atoms. The number of benzene rings is 1. The van der Waals surface area contributed by atoms with Crippen molar-refractivity contribution in [3.8, 4) is 0 Å². The lowest BCUT2D eigenvalue weighted by molar-refractivity contribution is -0.141. The summed E-state index contributed by atoms with van der Waals surface area (Å²) in [5, 5.41) is 14.0. The molecular weight excluding hydrogens is 688 g/mol. The van der Waals surface area contributed by atoms with Crippen LogP contribution in [0.25, 0.3) is 22.1 Å². The van der Waals surface area contributed by atoms with Crippen LogP contribution in [0.5, 0.6) is 0 Å². The summed E-state index contributed by atoms with van der Waals surface area (Å²) in [5.74, 6) is 2.00. The van der Waals surface area contributed by atoms with Gasteiger partial charge < -0.3 is 21.3 Å². The summed E-state index contributed by atoms with van der Waals surface area (Å²) in [6.45, 7) is 8.48. The Kier molecular flexibility index (Phi) is 11.5. The molecule has 5 heterocycles. The topological polar surface area (TPSA) is 138 Å². The molecule has 0 aliphatic carbocycles. The van der Waals surface area contributed by atoms with Crippen molar-refractivity contribution in [2.24, 2.45) is 0 Å². The Bertz CT molecular complexity index is 1940. The molecule has 11 nitrogen and oxygen atoms in total. The molecule has 0 fully saturated rings. The molecule has 0 atom stereocenters. The lowest BCUT2D eigenvalue weighted by Crippen LogP contribution is -2.14. The third-order valence-corrected chi connectivity index (χ3v) is 7.09. The predicted octanol–water partition coefficient (Wildman–Crippen LogP) is 8.35. The van der Waals surface area contributed by atoms with Gasteiger partial charge in [0.1, 0.15) is 17.3 Å². The molecular formula is C35H35F6N11. The highest BCUT2D eigenvalue weighted by Crippen LogP contribution is 2.30. The minimum atomic E-state index is -4.45. The summed E-state index contributed by atoms with van der Waals surface area (Å²) in [6, 6.07) is 14.9. The van der Waals surface area contributed by atoms with Crippen LogP contribution in [0.15, 0.2) is 79.3 Å². The summed E-state index contributed by atoms with van der Waals surface area (Å²) >= 11 is 0.